The van der Waals surface area contributed by atoms with Crippen LogP contribution in [-0.2, 0) is 21.3 Å². The number of benzene rings is 1. The predicted molar refractivity (Wildman–Crippen MR) is 157 cm³/mol. The molecule has 4 heterocycles. The zero-order chi connectivity index (χ0) is 31.0. The fourth-order valence-electron chi connectivity index (χ4n) is 7.34. The van der Waals surface area contributed by atoms with E-state index < -0.39 is 23.2 Å². The predicted octanol–water partition coefficient (Wildman–Crippen LogP) is 3.42. The summed E-state index contributed by atoms with van der Waals surface area (Å²) in [4.78, 5) is 36.6. The molecule has 1 aromatic heterocycles. The minimum Gasteiger partial charge on any atom is -0.384 e. The summed E-state index contributed by atoms with van der Waals surface area (Å²) in [6, 6.07) is 8.57. The van der Waals surface area contributed by atoms with Crippen LogP contribution in [0.3, 0.4) is 0 Å². The van der Waals surface area contributed by atoms with E-state index in [-0.39, 0.29) is 23.4 Å². The van der Waals surface area contributed by atoms with Gasteiger partial charge in [-0.3, -0.25) is 19.5 Å². The van der Waals surface area contributed by atoms with Gasteiger partial charge in [0, 0.05) is 49.7 Å². The van der Waals surface area contributed by atoms with Crippen LogP contribution in [0.15, 0.2) is 42.6 Å². The Morgan fingerprint density at radius 2 is 1.75 bits per heavy atom. The molecule has 1 spiro atoms. The smallest absolute Gasteiger partial charge is 0.384 e. The number of hydrogen-bond donors (Lipinski definition) is 2. The Hall–Kier alpha value is -3.22. The van der Waals surface area contributed by atoms with Gasteiger partial charge in [-0.15, -0.1) is 0 Å². The molecule has 4 fully saturated rings. The zero-order valence-electron chi connectivity index (χ0n) is 24.8. The first-order chi connectivity index (χ1) is 21.0. The largest absolute Gasteiger partial charge is 0.416 e. The molecule has 3 saturated heterocycles. The summed E-state index contributed by atoms with van der Waals surface area (Å²) in [7, 11) is 0. The van der Waals surface area contributed by atoms with Crippen molar-refractivity contribution in [2.45, 2.75) is 56.3 Å². The second kappa shape index (κ2) is 12.3. The van der Waals surface area contributed by atoms with Crippen molar-refractivity contribution in [3.63, 3.8) is 0 Å². The van der Waals surface area contributed by atoms with E-state index in [4.69, 9.17) is 4.74 Å². The summed E-state index contributed by atoms with van der Waals surface area (Å²) in [6.07, 6.45) is 2.25. The molecule has 0 radical (unpaired) electrons. The van der Waals surface area contributed by atoms with Gasteiger partial charge in [-0.25, -0.2) is 0 Å². The van der Waals surface area contributed by atoms with Gasteiger partial charge in [0.05, 0.1) is 42.9 Å². The molecule has 1 unspecified atom stereocenters. The standard InChI is InChI=1S/C32H40F3N5O4/c33-32(34,35)24-3-1-2-23(18-24)29(42)37-20-28(41)40-13-11-30(22-40)10-12-39(21-30)25-6-8-31(43,9-7-25)27-5-4-26(19-36-27)38-14-16-44-17-15-38/h1-5,18-19,25,43H,6-17,20-22H2,(H,37,42). The van der Waals surface area contributed by atoms with Crippen LogP contribution < -0.4 is 10.2 Å². The minimum atomic E-state index is -4.54. The Morgan fingerprint density at radius 3 is 2.45 bits per heavy atom. The van der Waals surface area contributed by atoms with Crippen LogP contribution in [0.4, 0.5) is 18.9 Å². The monoisotopic (exact) mass is 615 g/mol. The fourth-order valence-corrected chi connectivity index (χ4v) is 7.34. The summed E-state index contributed by atoms with van der Waals surface area (Å²) in [5, 5.41) is 14.0. The molecule has 44 heavy (non-hydrogen) atoms. The van der Waals surface area contributed by atoms with Crippen molar-refractivity contribution < 1.29 is 32.6 Å². The molecule has 2 amide bonds. The molecule has 1 aromatic carbocycles. The molecule has 2 N–H and O–H groups in total. The van der Waals surface area contributed by atoms with Gasteiger partial charge in [0.15, 0.2) is 0 Å². The minimum absolute atomic E-state index is 0.00530. The molecule has 6 rings (SSSR count). The van der Waals surface area contributed by atoms with Gasteiger partial charge in [-0.2, -0.15) is 13.2 Å². The van der Waals surface area contributed by atoms with E-state index in [0.29, 0.717) is 45.2 Å². The van der Waals surface area contributed by atoms with E-state index in [9.17, 15) is 27.9 Å². The molecule has 3 aliphatic heterocycles. The number of anilines is 1. The zero-order valence-corrected chi connectivity index (χ0v) is 24.8. The summed E-state index contributed by atoms with van der Waals surface area (Å²) < 4.78 is 44.4. The number of morpholine rings is 1. The quantitative estimate of drug-likeness (QED) is 0.514. The molecule has 1 aliphatic carbocycles. The highest BCUT2D eigenvalue weighted by molar-refractivity contribution is 5.96. The maximum absolute atomic E-state index is 13.0. The van der Waals surface area contributed by atoms with Crippen LogP contribution in [0.1, 0.15) is 60.1 Å². The Morgan fingerprint density at radius 1 is 1.00 bits per heavy atom. The molecular formula is C32H40F3N5O4. The van der Waals surface area contributed by atoms with Crippen LogP contribution in [-0.4, -0.2) is 96.8 Å². The van der Waals surface area contributed by atoms with Gasteiger partial charge in [0.2, 0.25) is 5.91 Å². The molecule has 4 aliphatic rings. The van der Waals surface area contributed by atoms with E-state index in [1.807, 2.05) is 18.3 Å². The second-order valence-electron chi connectivity index (χ2n) is 12.8. The van der Waals surface area contributed by atoms with Gasteiger partial charge in [-0.05, 0) is 75.4 Å². The fraction of sp³-hybridized carbons (Fsp3) is 0.594. The van der Waals surface area contributed by atoms with E-state index in [2.05, 4.69) is 20.1 Å². The van der Waals surface area contributed by atoms with Crippen LogP contribution in [0, 0.1) is 5.41 Å². The maximum atomic E-state index is 13.0. The van der Waals surface area contributed by atoms with Crippen molar-refractivity contribution in [3.8, 4) is 0 Å². The van der Waals surface area contributed by atoms with Crippen LogP contribution in [0.25, 0.3) is 0 Å². The number of carbonyl (C=O) groups excluding carboxylic acids is 2. The van der Waals surface area contributed by atoms with Crippen LogP contribution in [0.2, 0.25) is 0 Å². The normalized spacial score (nSPS) is 28.0. The maximum Gasteiger partial charge on any atom is 0.416 e. The molecule has 12 heteroatoms. The lowest BCUT2D eigenvalue weighted by molar-refractivity contribution is -0.137. The van der Waals surface area contributed by atoms with Crippen molar-refractivity contribution in [1.29, 1.82) is 0 Å². The highest BCUT2D eigenvalue weighted by atomic mass is 19.4. The Balaban J connectivity index is 0.970. The summed E-state index contributed by atoms with van der Waals surface area (Å²) in [6.45, 7) is 5.91. The molecule has 1 saturated carbocycles. The molecule has 9 nitrogen and oxygen atoms in total. The average Bonchev–Trinajstić information content (AvgIpc) is 3.66. The number of carbonyl (C=O) groups is 2. The number of nitrogens with one attached hydrogen (secondary N) is 1. The summed E-state index contributed by atoms with van der Waals surface area (Å²) >= 11 is 0. The van der Waals surface area contributed by atoms with Crippen molar-refractivity contribution in [1.82, 2.24) is 20.1 Å². The van der Waals surface area contributed by atoms with Gasteiger partial charge in [0.1, 0.15) is 5.60 Å². The van der Waals surface area contributed by atoms with Gasteiger partial charge < -0.3 is 25.0 Å². The highest BCUT2D eigenvalue weighted by Crippen LogP contribution is 2.44. The number of rotatable bonds is 6. The summed E-state index contributed by atoms with van der Waals surface area (Å²) in [5.74, 6) is -0.929. The molecule has 238 valence electrons. The van der Waals surface area contributed by atoms with Crippen LogP contribution in [0.5, 0.6) is 0 Å². The van der Waals surface area contributed by atoms with Crippen molar-refractivity contribution in [2.24, 2.45) is 5.41 Å². The van der Waals surface area contributed by atoms with Crippen molar-refractivity contribution in [2.75, 3.05) is 63.9 Å². The Bertz CT molecular complexity index is 1340. The van der Waals surface area contributed by atoms with Crippen molar-refractivity contribution in [3.05, 3.63) is 59.4 Å². The first-order valence-electron chi connectivity index (χ1n) is 15.5. The topological polar surface area (TPSA) is 98.2 Å². The number of nitrogens with zero attached hydrogens (tertiary/aromatic N) is 4. The van der Waals surface area contributed by atoms with Gasteiger partial charge in [0.25, 0.3) is 5.91 Å². The van der Waals surface area contributed by atoms with Gasteiger partial charge >= 0.3 is 6.18 Å². The van der Waals surface area contributed by atoms with E-state index in [1.54, 1.807) is 4.90 Å². The Kier molecular flexibility index (Phi) is 8.60. The van der Waals surface area contributed by atoms with E-state index in [0.717, 1.165) is 75.4 Å². The lowest BCUT2D eigenvalue weighted by Crippen LogP contribution is -2.43. The van der Waals surface area contributed by atoms with Gasteiger partial charge in [-0.1, -0.05) is 6.07 Å². The lowest BCUT2D eigenvalue weighted by atomic mass is 9.79. The number of pyridine rings is 1. The third-order valence-corrected chi connectivity index (χ3v) is 10.0. The number of aromatic nitrogens is 1. The summed E-state index contributed by atoms with van der Waals surface area (Å²) in [5.41, 5.74) is -0.161. The average molecular weight is 616 g/mol. The van der Waals surface area contributed by atoms with E-state index >= 15 is 0 Å². The number of ether oxygens (including phenoxy) is 1. The number of hydrogen-bond acceptors (Lipinski definition) is 7. The Labute approximate surface area is 255 Å². The SMILES string of the molecule is O=C(NCC(=O)N1CCC2(CCN(C3CCC(O)(c4ccc(N5CCOCC5)cn4)CC3)C2)C1)c1cccc(C(F)(F)F)c1. The molecular weight excluding hydrogens is 575 g/mol. The third-order valence-electron chi connectivity index (χ3n) is 10.0. The second-order valence-corrected chi connectivity index (χ2v) is 12.8. The number of amides is 2. The number of aliphatic hydroxyl groups is 1. The number of halogens is 3. The van der Waals surface area contributed by atoms with Crippen LogP contribution >= 0.6 is 0 Å². The highest BCUT2D eigenvalue weighted by Gasteiger charge is 2.47. The first-order valence-corrected chi connectivity index (χ1v) is 15.5. The first kappa shape index (κ1) is 30.8. The lowest BCUT2D eigenvalue weighted by Gasteiger charge is -2.40. The number of alkyl halides is 3. The third kappa shape index (κ3) is 6.57. The molecule has 2 aromatic rings. The number of likely N-dealkylation sites (tertiary alicyclic amines) is 2. The van der Waals surface area contributed by atoms with Crippen molar-refractivity contribution >= 4 is 17.5 Å². The molecule has 1 atom stereocenters. The van der Waals surface area contributed by atoms with E-state index in [1.165, 1.54) is 12.1 Å². The molecule has 0 bridgehead atoms.